The molecule has 0 aliphatic carbocycles. The average Bonchev–Trinajstić information content (AvgIpc) is 2.26. The van der Waals surface area contributed by atoms with Gasteiger partial charge in [0.1, 0.15) is 11.6 Å². The van der Waals surface area contributed by atoms with E-state index in [2.05, 4.69) is 11.8 Å². The van der Waals surface area contributed by atoms with Crippen molar-refractivity contribution in [1.29, 1.82) is 0 Å². The highest BCUT2D eigenvalue weighted by molar-refractivity contribution is 6.19. The van der Waals surface area contributed by atoms with Crippen LogP contribution in [0.5, 0.6) is 5.75 Å². The van der Waals surface area contributed by atoms with Crippen molar-refractivity contribution in [1.82, 2.24) is 0 Å². The molecule has 0 aliphatic heterocycles. The molecule has 1 aromatic rings. The fourth-order valence-corrected chi connectivity index (χ4v) is 1.19. The molecule has 1 aromatic carbocycles. The molecule has 0 unspecified atom stereocenters. The highest BCUT2D eigenvalue weighted by atomic mass is 35.5. The summed E-state index contributed by atoms with van der Waals surface area (Å²) in [6, 6.07) is 3.47. The molecule has 1 rings (SSSR count). The summed E-state index contributed by atoms with van der Waals surface area (Å²) in [5, 5.41) is 0. The van der Waals surface area contributed by atoms with Crippen LogP contribution in [-0.4, -0.2) is 18.7 Å². The minimum Gasteiger partial charge on any atom is -0.492 e. The number of alkyl halides is 4. The molecular weight excluding hydrogens is 272 g/mol. The van der Waals surface area contributed by atoms with Gasteiger partial charge in [-0.05, 0) is 12.1 Å². The van der Waals surface area contributed by atoms with E-state index in [1.165, 1.54) is 6.07 Å². The Morgan fingerprint density at radius 1 is 1.28 bits per heavy atom. The Bertz CT molecular complexity index is 459. The summed E-state index contributed by atoms with van der Waals surface area (Å²) >= 11 is 5.36. The van der Waals surface area contributed by atoms with E-state index in [1.807, 2.05) is 0 Å². The molecule has 0 aliphatic rings. The van der Waals surface area contributed by atoms with Crippen molar-refractivity contribution < 1.29 is 22.3 Å². The van der Waals surface area contributed by atoms with E-state index >= 15 is 0 Å². The smallest absolute Gasteiger partial charge is 0.392 e. The largest absolute Gasteiger partial charge is 0.492 e. The molecule has 18 heavy (non-hydrogen) atoms. The van der Waals surface area contributed by atoms with E-state index < -0.39 is 25.0 Å². The number of hydrogen-bond acceptors (Lipinski definition) is 1. The third kappa shape index (κ3) is 5.28. The Balaban J connectivity index is 2.76. The monoisotopic (exact) mass is 280 g/mol. The third-order valence-corrected chi connectivity index (χ3v) is 2.01. The first kappa shape index (κ1) is 14.7. The number of rotatable bonds is 3. The summed E-state index contributed by atoms with van der Waals surface area (Å²) in [7, 11) is 0. The van der Waals surface area contributed by atoms with Gasteiger partial charge in [0, 0.05) is 6.07 Å². The molecule has 0 aromatic heterocycles. The van der Waals surface area contributed by atoms with Gasteiger partial charge in [-0.2, -0.15) is 13.2 Å². The van der Waals surface area contributed by atoms with Crippen LogP contribution in [0.15, 0.2) is 18.2 Å². The van der Waals surface area contributed by atoms with E-state index in [9.17, 15) is 17.6 Å². The maximum absolute atomic E-state index is 13.0. The first-order valence-electron chi connectivity index (χ1n) is 4.96. The first-order chi connectivity index (χ1) is 8.42. The zero-order valence-corrected chi connectivity index (χ0v) is 9.91. The number of hydrogen-bond donors (Lipinski definition) is 0. The van der Waals surface area contributed by atoms with Gasteiger partial charge < -0.3 is 4.74 Å². The third-order valence-electron chi connectivity index (χ3n) is 1.88. The van der Waals surface area contributed by atoms with E-state index in [1.54, 1.807) is 0 Å². The van der Waals surface area contributed by atoms with Gasteiger partial charge in [0.25, 0.3) is 0 Å². The molecule has 0 spiro atoms. The second kappa shape index (κ2) is 6.50. The molecule has 0 bridgehead atoms. The van der Waals surface area contributed by atoms with Gasteiger partial charge in [-0.1, -0.05) is 11.8 Å². The Morgan fingerprint density at radius 2 is 2.00 bits per heavy atom. The van der Waals surface area contributed by atoms with E-state index in [4.69, 9.17) is 16.3 Å². The highest BCUT2D eigenvalue weighted by Gasteiger charge is 2.27. The molecule has 0 N–H and O–H groups in total. The van der Waals surface area contributed by atoms with Crippen LogP contribution in [0.25, 0.3) is 0 Å². The van der Waals surface area contributed by atoms with E-state index in [0.717, 1.165) is 12.1 Å². The lowest BCUT2D eigenvalue weighted by Crippen LogP contribution is -2.13. The van der Waals surface area contributed by atoms with Crippen LogP contribution in [0, 0.1) is 17.7 Å². The van der Waals surface area contributed by atoms with Crippen molar-refractivity contribution in [3.8, 4) is 17.6 Å². The minimum atomic E-state index is -4.31. The molecule has 0 radical (unpaired) electrons. The number of halogens is 5. The van der Waals surface area contributed by atoms with Crippen molar-refractivity contribution in [3.05, 3.63) is 29.6 Å². The van der Waals surface area contributed by atoms with Crippen molar-refractivity contribution >= 4 is 11.6 Å². The predicted molar refractivity (Wildman–Crippen MR) is 60.2 cm³/mol. The Hall–Kier alpha value is -1.41. The fourth-order valence-electron chi connectivity index (χ4n) is 1.12. The Kier molecular flexibility index (Phi) is 5.29. The van der Waals surface area contributed by atoms with Gasteiger partial charge in [0.15, 0.2) is 0 Å². The molecular formula is C12H9ClF4O. The van der Waals surface area contributed by atoms with Gasteiger partial charge in [-0.25, -0.2) is 4.39 Å². The van der Waals surface area contributed by atoms with Gasteiger partial charge >= 0.3 is 6.18 Å². The van der Waals surface area contributed by atoms with Crippen LogP contribution in [0.3, 0.4) is 0 Å². The molecule has 0 heterocycles. The topological polar surface area (TPSA) is 9.23 Å². The molecule has 0 amide bonds. The lowest BCUT2D eigenvalue weighted by Gasteiger charge is -2.10. The number of ether oxygens (including phenoxy) is 1. The normalized spacial score (nSPS) is 10.7. The SMILES string of the molecule is Fc1ccc(C#CCCl)c(OCCC(F)(F)F)c1. The average molecular weight is 281 g/mol. The predicted octanol–water partition coefficient (Wildman–Crippen LogP) is 3.75. The molecule has 0 atom stereocenters. The van der Waals surface area contributed by atoms with Crippen LogP contribution in [0.1, 0.15) is 12.0 Å². The summed E-state index contributed by atoms with van der Waals surface area (Å²) in [6.45, 7) is -0.581. The summed E-state index contributed by atoms with van der Waals surface area (Å²) in [4.78, 5) is 0. The molecule has 1 nitrogen and oxygen atoms in total. The second-order valence-electron chi connectivity index (χ2n) is 3.29. The van der Waals surface area contributed by atoms with Crippen molar-refractivity contribution in [2.24, 2.45) is 0 Å². The van der Waals surface area contributed by atoms with E-state index in [-0.39, 0.29) is 11.6 Å². The van der Waals surface area contributed by atoms with Crippen LogP contribution in [-0.2, 0) is 0 Å². The Morgan fingerprint density at radius 3 is 2.61 bits per heavy atom. The zero-order chi connectivity index (χ0) is 13.6. The standard InChI is InChI=1S/C12H9ClF4O/c13-6-1-2-9-3-4-10(14)8-11(9)18-7-5-12(15,16)17/h3-4,8H,5-7H2. The maximum atomic E-state index is 13.0. The van der Waals surface area contributed by atoms with Crippen LogP contribution in [0.2, 0.25) is 0 Å². The maximum Gasteiger partial charge on any atom is 0.392 e. The van der Waals surface area contributed by atoms with Gasteiger partial charge in [-0.15, -0.1) is 11.6 Å². The summed E-state index contributed by atoms with van der Waals surface area (Å²) in [5.41, 5.74) is 0.305. The van der Waals surface area contributed by atoms with Gasteiger partial charge in [0.05, 0.1) is 24.5 Å². The molecule has 0 fully saturated rings. The quantitative estimate of drug-likeness (QED) is 0.465. The lowest BCUT2D eigenvalue weighted by molar-refractivity contribution is -0.139. The summed E-state index contributed by atoms with van der Waals surface area (Å²) in [6.07, 6.45) is -5.42. The lowest BCUT2D eigenvalue weighted by atomic mass is 10.2. The molecule has 0 saturated carbocycles. The van der Waals surface area contributed by atoms with Gasteiger partial charge in [-0.3, -0.25) is 0 Å². The fraction of sp³-hybridized carbons (Fsp3) is 0.333. The van der Waals surface area contributed by atoms with Crippen LogP contribution >= 0.6 is 11.6 Å². The van der Waals surface area contributed by atoms with Crippen LogP contribution < -0.4 is 4.74 Å². The first-order valence-corrected chi connectivity index (χ1v) is 5.50. The zero-order valence-electron chi connectivity index (χ0n) is 9.15. The van der Waals surface area contributed by atoms with Gasteiger partial charge in [0.2, 0.25) is 0 Å². The highest BCUT2D eigenvalue weighted by Crippen LogP contribution is 2.23. The molecule has 6 heteroatoms. The summed E-state index contributed by atoms with van der Waals surface area (Å²) < 4.78 is 53.7. The Labute approximate surface area is 107 Å². The molecule has 0 saturated heterocycles. The van der Waals surface area contributed by atoms with Crippen molar-refractivity contribution in [2.45, 2.75) is 12.6 Å². The van der Waals surface area contributed by atoms with Crippen molar-refractivity contribution in [2.75, 3.05) is 12.5 Å². The van der Waals surface area contributed by atoms with Crippen molar-refractivity contribution in [3.63, 3.8) is 0 Å². The minimum absolute atomic E-state index is 0.0168. The second-order valence-corrected chi connectivity index (χ2v) is 3.56. The summed E-state index contributed by atoms with van der Waals surface area (Å²) in [5.74, 6) is 4.55. The number of benzene rings is 1. The van der Waals surface area contributed by atoms with E-state index in [0.29, 0.717) is 5.56 Å². The molecule has 98 valence electrons. The van der Waals surface area contributed by atoms with Crippen LogP contribution in [0.4, 0.5) is 17.6 Å².